The Morgan fingerprint density at radius 1 is 1.16 bits per heavy atom. The van der Waals surface area contributed by atoms with Gasteiger partial charge in [0.1, 0.15) is 18.2 Å². The number of amides is 1. The Balaban J connectivity index is 1.85. The number of para-hydroxylation sites is 1. The van der Waals surface area contributed by atoms with Crippen molar-refractivity contribution in [3.63, 3.8) is 0 Å². The largest absolute Gasteiger partial charge is 0.480 e. The fourth-order valence-corrected chi connectivity index (χ4v) is 3.07. The van der Waals surface area contributed by atoms with Crippen molar-refractivity contribution in [2.24, 2.45) is 0 Å². The van der Waals surface area contributed by atoms with E-state index in [4.69, 9.17) is 9.84 Å². The lowest BCUT2D eigenvalue weighted by atomic mass is 10.1. The Hall–Kier alpha value is -4.38. The van der Waals surface area contributed by atoms with E-state index in [1.807, 2.05) is 6.07 Å². The summed E-state index contributed by atoms with van der Waals surface area (Å²) in [4.78, 5) is 35.4. The molecule has 3 aromatic rings. The van der Waals surface area contributed by atoms with Crippen molar-refractivity contribution >= 4 is 40.5 Å². The number of rotatable bonds is 7. The average Bonchev–Trinajstić information content (AvgIpc) is 3.09. The molecular weight excluding hydrogens is 398 g/mol. The fourth-order valence-electron chi connectivity index (χ4n) is 3.07. The lowest BCUT2D eigenvalue weighted by Gasteiger charge is -2.06. The molecule has 1 amide bonds. The van der Waals surface area contributed by atoms with E-state index in [0.717, 1.165) is 5.39 Å². The molecule has 0 atom stereocenters. The minimum atomic E-state index is -0.999. The Morgan fingerprint density at radius 3 is 2.52 bits per heavy atom. The van der Waals surface area contributed by atoms with Crippen LogP contribution in [0.3, 0.4) is 0 Å². The van der Waals surface area contributed by atoms with Gasteiger partial charge in [-0.3, -0.25) is 9.59 Å². The monoisotopic (exact) mass is 417 g/mol. The molecule has 0 unspecified atom stereocenters. The van der Waals surface area contributed by atoms with Gasteiger partial charge in [0.2, 0.25) is 0 Å². The number of hydrogen-bond donors (Lipinski definition) is 2. The summed E-state index contributed by atoms with van der Waals surface area (Å²) in [6.07, 6.45) is 3.01. The molecule has 156 valence electrons. The van der Waals surface area contributed by atoms with Crippen LogP contribution in [0, 0.1) is 11.3 Å². The highest BCUT2D eigenvalue weighted by atomic mass is 16.5. The fraction of sp³-hybridized carbons (Fsp3) is 0.130. The first kappa shape index (κ1) is 21.3. The average molecular weight is 417 g/mol. The van der Waals surface area contributed by atoms with E-state index in [1.54, 1.807) is 42.0 Å². The number of benzene rings is 2. The van der Waals surface area contributed by atoms with Crippen molar-refractivity contribution < 1.29 is 24.2 Å². The zero-order chi connectivity index (χ0) is 22.4. The zero-order valence-electron chi connectivity index (χ0n) is 16.7. The highest BCUT2D eigenvalue weighted by molar-refractivity contribution is 6.11. The molecule has 0 saturated heterocycles. The summed E-state index contributed by atoms with van der Waals surface area (Å²) < 4.78 is 6.46. The van der Waals surface area contributed by atoms with E-state index in [1.165, 1.54) is 30.3 Å². The topological polar surface area (TPSA) is 121 Å². The number of carbonyl (C=O) groups excluding carboxylic acids is 2. The van der Waals surface area contributed by atoms with Crippen molar-refractivity contribution in [3.8, 4) is 6.07 Å². The van der Waals surface area contributed by atoms with E-state index in [0.29, 0.717) is 22.3 Å². The molecule has 0 spiro atoms. The van der Waals surface area contributed by atoms with Gasteiger partial charge in [-0.05, 0) is 43.3 Å². The second kappa shape index (κ2) is 9.41. The number of fused-ring (bicyclic) bond motifs is 1. The molecule has 3 rings (SSSR count). The molecule has 2 aromatic carbocycles. The van der Waals surface area contributed by atoms with Crippen molar-refractivity contribution in [2.75, 3.05) is 11.9 Å². The number of carbonyl (C=O) groups is 3. The Kier molecular flexibility index (Phi) is 6.48. The number of aromatic nitrogens is 1. The highest BCUT2D eigenvalue weighted by Crippen LogP contribution is 2.24. The van der Waals surface area contributed by atoms with Crippen LogP contribution in [0.5, 0.6) is 0 Å². The number of esters is 1. The van der Waals surface area contributed by atoms with Gasteiger partial charge >= 0.3 is 11.9 Å². The summed E-state index contributed by atoms with van der Waals surface area (Å²) in [6, 6.07) is 15.1. The smallest absolute Gasteiger partial charge is 0.338 e. The number of nitrogens with zero attached hydrogens (tertiary/aromatic N) is 2. The number of nitriles is 1. The van der Waals surface area contributed by atoms with Crippen molar-refractivity contribution in [1.29, 1.82) is 5.26 Å². The van der Waals surface area contributed by atoms with Gasteiger partial charge in [0.15, 0.2) is 0 Å². The quantitative estimate of drug-likeness (QED) is 0.345. The Morgan fingerprint density at radius 2 is 1.87 bits per heavy atom. The zero-order valence-corrected chi connectivity index (χ0v) is 16.7. The first-order valence-corrected chi connectivity index (χ1v) is 9.43. The first-order valence-electron chi connectivity index (χ1n) is 9.43. The third kappa shape index (κ3) is 4.97. The van der Waals surface area contributed by atoms with Gasteiger partial charge in [0.05, 0.1) is 12.2 Å². The SMILES string of the molecule is CCOC(=O)c1ccc(NC(=O)/C(C#N)=C/c2cn(CC(=O)O)c3ccccc23)cc1. The number of carboxylic acids is 1. The van der Waals surface area contributed by atoms with Crippen LogP contribution in [0.15, 0.2) is 60.3 Å². The second-order valence-corrected chi connectivity index (χ2v) is 6.54. The first-order chi connectivity index (χ1) is 14.9. The molecular formula is C23H19N3O5. The summed E-state index contributed by atoms with van der Waals surface area (Å²) >= 11 is 0. The lowest BCUT2D eigenvalue weighted by molar-refractivity contribution is -0.137. The number of ether oxygens (including phenoxy) is 1. The minimum Gasteiger partial charge on any atom is -0.480 e. The molecule has 0 aliphatic rings. The maximum Gasteiger partial charge on any atom is 0.338 e. The molecule has 0 fully saturated rings. The van der Waals surface area contributed by atoms with Gasteiger partial charge in [0.25, 0.3) is 5.91 Å². The Bertz CT molecular complexity index is 1220. The highest BCUT2D eigenvalue weighted by Gasteiger charge is 2.14. The molecule has 2 N–H and O–H groups in total. The molecule has 1 heterocycles. The van der Waals surface area contributed by atoms with E-state index >= 15 is 0 Å². The van der Waals surface area contributed by atoms with E-state index < -0.39 is 17.8 Å². The molecule has 1 aromatic heterocycles. The molecule has 8 nitrogen and oxygen atoms in total. The predicted molar refractivity (Wildman–Crippen MR) is 114 cm³/mol. The van der Waals surface area contributed by atoms with Crippen molar-refractivity contribution in [3.05, 3.63) is 71.4 Å². The second-order valence-electron chi connectivity index (χ2n) is 6.54. The number of anilines is 1. The van der Waals surface area contributed by atoms with Gasteiger partial charge in [-0.25, -0.2) is 4.79 Å². The third-order valence-electron chi connectivity index (χ3n) is 4.44. The maximum absolute atomic E-state index is 12.6. The van der Waals surface area contributed by atoms with Crippen LogP contribution in [-0.4, -0.2) is 34.1 Å². The normalized spacial score (nSPS) is 11.0. The predicted octanol–water partition coefficient (Wildman–Crippen LogP) is 3.45. The van der Waals surface area contributed by atoms with Crippen LogP contribution in [0.4, 0.5) is 5.69 Å². The molecule has 0 aliphatic heterocycles. The lowest BCUT2D eigenvalue weighted by Crippen LogP contribution is -2.13. The van der Waals surface area contributed by atoms with Crippen LogP contribution in [0.1, 0.15) is 22.8 Å². The number of hydrogen-bond acceptors (Lipinski definition) is 5. The van der Waals surface area contributed by atoms with Gasteiger partial charge in [-0.1, -0.05) is 18.2 Å². The molecule has 8 heteroatoms. The van der Waals surface area contributed by atoms with E-state index in [9.17, 15) is 19.6 Å². The van der Waals surface area contributed by atoms with Crippen molar-refractivity contribution in [1.82, 2.24) is 4.57 Å². The Labute approximate surface area is 178 Å². The van der Waals surface area contributed by atoms with Crippen LogP contribution in [-0.2, 0) is 20.9 Å². The van der Waals surface area contributed by atoms with Crippen molar-refractivity contribution in [2.45, 2.75) is 13.5 Å². The molecule has 0 saturated carbocycles. The van der Waals surface area contributed by atoms with Gasteiger partial charge in [0, 0.05) is 28.4 Å². The van der Waals surface area contributed by atoms with Gasteiger partial charge < -0.3 is 19.7 Å². The third-order valence-corrected chi connectivity index (χ3v) is 4.44. The summed E-state index contributed by atoms with van der Waals surface area (Å²) in [6.45, 7) is 1.73. The van der Waals surface area contributed by atoms with Gasteiger partial charge in [-0.2, -0.15) is 5.26 Å². The molecule has 0 aliphatic carbocycles. The van der Waals surface area contributed by atoms with Crippen LogP contribution < -0.4 is 5.32 Å². The van der Waals surface area contributed by atoms with Crippen LogP contribution in [0.25, 0.3) is 17.0 Å². The maximum atomic E-state index is 12.6. The molecule has 0 bridgehead atoms. The summed E-state index contributed by atoms with van der Waals surface area (Å²) in [7, 11) is 0. The summed E-state index contributed by atoms with van der Waals surface area (Å²) in [5.74, 6) is -2.09. The summed E-state index contributed by atoms with van der Waals surface area (Å²) in [5, 5.41) is 22.0. The molecule has 31 heavy (non-hydrogen) atoms. The number of nitrogens with one attached hydrogen (secondary N) is 1. The molecule has 0 radical (unpaired) electrons. The van der Waals surface area contributed by atoms with E-state index in [-0.39, 0.29) is 18.7 Å². The standard InChI is InChI=1S/C23H19N3O5/c1-2-31-23(30)15-7-9-18(10-8-15)25-22(29)16(12-24)11-17-13-26(14-21(27)28)20-6-4-3-5-19(17)20/h3-11,13H,2,14H2,1H3,(H,25,29)(H,27,28)/b16-11+. The van der Waals surface area contributed by atoms with Crippen LogP contribution in [0.2, 0.25) is 0 Å². The summed E-state index contributed by atoms with van der Waals surface area (Å²) in [5.41, 5.74) is 1.85. The van der Waals surface area contributed by atoms with Crippen LogP contribution >= 0.6 is 0 Å². The van der Waals surface area contributed by atoms with Gasteiger partial charge in [-0.15, -0.1) is 0 Å². The number of carboxylic acid groups (broad SMARTS) is 1. The number of aliphatic carboxylic acids is 1. The minimum absolute atomic E-state index is 0.146. The van der Waals surface area contributed by atoms with E-state index in [2.05, 4.69) is 5.32 Å².